The molecule has 0 N–H and O–H groups in total. The lowest BCUT2D eigenvalue weighted by molar-refractivity contribution is 0.111. The zero-order valence-electron chi connectivity index (χ0n) is 19.2. The van der Waals surface area contributed by atoms with Crippen LogP contribution in [-0.4, -0.2) is 24.5 Å². The Balaban J connectivity index is 1.47. The topological polar surface area (TPSA) is 81.4 Å². The quantitative estimate of drug-likeness (QED) is 0.339. The van der Waals surface area contributed by atoms with Gasteiger partial charge in [0.15, 0.2) is 17.8 Å². The molecule has 172 valence electrons. The molecule has 4 aromatic rings. The average molecular weight is 463 g/mol. The molecule has 2 heterocycles. The molecule has 35 heavy (non-hydrogen) atoms. The number of rotatable bonds is 6. The van der Waals surface area contributed by atoms with Crippen molar-refractivity contribution in [2.24, 2.45) is 0 Å². The van der Waals surface area contributed by atoms with Gasteiger partial charge in [0.05, 0.1) is 22.9 Å². The van der Waals surface area contributed by atoms with E-state index >= 15 is 0 Å². The molecule has 0 radical (unpaired) electrons. The summed E-state index contributed by atoms with van der Waals surface area (Å²) in [5.41, 5.74) is 6.50. The van der Waals surface area contributed by atoms with Gasteiger partial charge in [-0.25, -0.2) is 4.98 Å². The maximum absolute atomic E-state index is 11.6. The Bertz CT molecular complexity index is 1460. The van der Waals surface area contributed by atoms with Crippen molar-refractivity contribution in [1.29, 1.82) is 5.26 Å². The van der Waals surface area contributed by atoms with Gasteiger partial charge in [-0.15, -0.1) is 0 Å². The number of benzene rings is 3. The van der Waals surface area contributed by atoms with Crippen molar-refractivity contribution in [3.63, 3.8) is 0 Å². The third kappa shape index (κ3) is 4.57. The van der Waals surface area contributed by atoms with E-state index in [0.717, 1.165) is 45.6 Å². The molecule has 0 bridgehead atoms. The van der Waals surface area contributed by atoms with Crippen molar-refractivity contribution >= 4 is 6.29 Å². The van der Waals surface area contributed by atoms with Crippen LogP contribution in [0.5, 0.6) is 17.4 Å². The predicted octanol–water partition coefficient (Wildman–Crippen LogP) is 5.76. The fraction of sp³-hybridized carbons (Fsp3) is 0.138. The van der Waals surface area contributed by atoms with E-state index < -0.39 is 0 Å². The average Bonchev–Trinajstić information content (AvgIpc) is 2.91. The summed E-state index contributed by atoms with van der Waals surface area (Å²) in [5, 5.41) is 9.12. The molecule has 0 amide bonds. The Labute approximate surface area is 203 Å². The summed E-state index contributed by atoms with van der Waals surface area (Å²) in [7, 11) is 0. The standard InChI is InChI=1S/C29H22N2O4/c1-19-24(22-9-11-27-28(15-22)34-13-12-33-27)6-3-7-25(19)26-10-8-23(17-32)29(31-26)35-18-21-5-2-4-20(14-21)16-30/h2-11,14-15,17H,12-13,18H2,1H3. The Kier molecular flexibility index (Phi) is 6.15. The highest BCUT2D eigenvalue weighted by molar-refractivity contribution is 5.82. The van der Waals surface area contributed by atoms with E-state index in [-0.39, 0.29) is 12.5 Å². The number of aldehydes is 1. The minimum absolute atomic E-state index is 0.197. The molecule has 1 aliphatic heterocycles. The lowest BCUT2D eigenvalue weighted by Gasteiger charge is -2.19. The minimum atomic E-state index is 0.197. The van der Waals surface area contributed by atoms with Crippen molar-refractivity contribution in [3.8, 4) is 45.8 Å². The van der Waals surface area contributed by atoms with Gasteiger partial charge >= 0.3 is 0 Å². The van der Waals surface area contributed by atoms with Crippen LogP contribution < -0.4 is 14.2 Å². The van der Waals surface area contributed by atoms with Gasteiger partial charge in [0.25, 0.3) is 0 Å². The van der Waals surface area contributed by atoms with Crippen molar-refractivity contribution in [2.75, 3.05) is 13.2 Å². The maximum atomic E-state index is 11.6. The number of nitrogens with zero attached hydrogens (tertiary/aromatic N) is 2. The van der Waals surface area contributed by atoms with Crippen molar-refractivity contribution in [2.45, 2.75) is 13.5 Å². The number of carbonyl (C=O) groups excluding carboxylic acids is 1. The summed E-state index contributed by atoms with van der Waals surface area (Å²) in [6.45, 7) is 3.33. The van der Waals surface area contributed by atoms with Crippen molar-refractivity contribution < 1.29 is 19.0 Å². The molecule has 0 fully saturated rings. The Morgan fingerprint density at radius 2 is 1.77 bits per heavy atom. The molecule has 0 atom stereocenters. The molecule has 6 heteroatoms. The van der Waals surface area contributed by atoms with E-state index in [1.165, 1.54) is 0 Å². The third-order valence-electron chi connectivity index (χ3n) is 5.91. The summed E-state index contributed by atoms with van der Waals surface area (Å²) in [5.74, 6) is 1.74. The molecule has 6 nitrogen and oxygen atoms in total. The summed E-state index contributed by atoms with van der Waals surface area (Å²) >= 11 is 0. The van der Waals surface area contributed by atoms with E-state index in [1.807, 2.05) is 49.4 Å². The Morgan fingerprint density at radius 1 is 0.971 bits per heavy atom. The molecule has 0 aliphatic carbocycles. The molecule has 3 aromatic carbocycles. The van der Waals surface area contributed by atoms with Gasteiger partial charge in [0.1, 0.15) is 19.8 Å². The fourth-order valence-corrected chi connectivity index (χ4v) is 4.13. The molecular formula is C29H22N2O4. The van der Waals surface area contributed by atoms with Gasteiger partial charge in [0, 0.05) is 5.56 Å². The second kappa shape index (κ2) is 9.70. The van der Waals surface area contributed by atoms with Crippen LogP contribution in [0, 0.1) is 18.3 Å². The minimum Gasteiger partial charge on any atom is -0.486 e. The lowest BCUT2D eigenvalue weighted by atomic mass is 9.94. The lowest BCUT2D eigenvalue weighted by Crippen LogP contribution is -2.15. The largest absolute Gasteiger partial charge is 0.486 e. The molecule has 0 saturated heterocycles. The van der Waals surface area contributed by atoms with Gasteiger partial charge in [-0.3, -0.25) is 4.79 Å². The second-order valence-corrected chi connectivity index (χ2v) is 8.15. The van der Waals surface area contributed by atoms with Crippen LogP contribution in [0.2, 0.25) is 0 Å². The molecule has 0 unspecified atom stereocenters. The van der Waals surface area contributed by atoms with Crippen LogP contribution in [0.15, 0.2) is 72.8 Å². The highest BCUT2D eigenvalue weighted by atomic mass is 16.6. The monoisotopic (exact) mass is 462 g/mol. The zero-order valence-corrected chi connectivity index (χ0v) is 19.2. The third-order valence-corrected chi connectivity index (χ3v) is 5.91. The van der Waals surface area contributed by atoms with Crippen LogP contribution in [0.3, 0.4) is 0 Å². The van der Waals surface area contributed by atoms with E-state index in [0.29, 0.717) is 30.0 Å². The van der Waals surface area contributed by atoms with E-state index in [9.17, 15) is 4.79 Å². The van der Waals surface area contributed by atoms with Gasteiger partial charge in [-0.05, 0) is 65.6 Å². The molecule has 0 saturated carbocycles. The number of aromatic nitrogens is 1. The highest BCUT2D eigenvalue weighted by Crippen LogP contribution is 2.37. The van der Waals surface area contributed by atoms with E-state index in [1.54, 1.807) is 24.3 Å². The van der Waals surface area contributed by atoms with Gasteiger partial charge in [-0.2, -0.15) is 5.26 Å². The van der Waals surface area contributed by atoms with Crippen LogP contribution in [-0.2, 0) is 6.61 Å². The number of nitriles is 1. The van der Waals surface area contributed by atoms with Crippen LogP contribution >= 0.6 is 0 Å². The smallest absolute Gasteiger partial charge is 0.225 e. The fourth-order valence-electron chi connectivity index (χ4n) is 4.13. The van der Waals surface area contributed by atoms with Crippen LogP contribution in [0.25, 0.3) is 22.4 Å². The number of pyridine rings is 1. The molecule has 0 spiro atoms. The number of fused-ring (bicyclic) bond motifs is 1. The van der Waals surface area contributed by atoms with Crippen molar-refractivity contribution in [3.05, 3.63) is 95.1 Å². The summed E-state index contributed by atoms with van der Waals surface area (Å²) in [4.78, 5) is 16.3. The van der Waals surface area contributed by atoms with Gasteiger partial charge in [-0.1, -0.05) is 36.4 Å². The van der Waals surface area contributed by atoms with E-state index in [2.05, 4.69) is 17.1 Å². The number of carbonyl (C=O) groups is 1. The molecule has 5 rings (SSSR count). The molecule has 1 aromatic heterocycles. The van der Waals surface area contributed by atoms with Gasteiger partial charge in [0.2, 0.25) is 5.88 Å². The normalized spacial score (nSPS) is 12.0. The van der Waals surface area contributed by atoms with Crippen LogP contribution in [0.1, 0.15) is 27.0 Å². The molecule has 1 aliphatic rings. The maximum Gasteiger partial charge on any atom is 0.225 e. The van der Waals surface area contributed by atoms with Crippen molar-refractivity contribution in [1.82, 2.24) is 4.98 Å². The number of hydrogen-bond acceptors (Lipinski definition) is 6. The first-order chi connectivity index (χ1) is 17.2. The predicted molar refractivity (Wildman–Crippen MR) is 132 cm³/mol. The van der Waals surface area contributed by atoms with E-state index in [4.69, 9.17) is 19.5 Å². The summed E-state index contributed by atoms with van der Waals surface area (Å²) in [6.07, 6.45) is 0.732. The molecular weight excluding hydrogens is 440 g/mol. The number of ether oxygens (including phenoxy) is 3. The van der Waals surface area contributed by atoms with Gasteiger partial charge < -0.3 is 14.2 Å². The zero-order chi connectivity index (χ0) is 24.2. The van der Waals surface area contributed by atoms with Crippen LogP contribution in [0.4, 0.5) is 0 Å². The summed E-state index contributed by atoms with van der Waals surface area (Å²) < 4.78 is 17.3. The first kappa shape index (κ1) is 22.2. The highest BCUT2D eigenvalue weighted by Gasteiger charge is 2.16. The number of hydrogen-bond donors (Lipinski definition) is 0. The SMILES string of the molecule is Cc1c(-c2ccc3c(c2)OCCO3)cccc1-c1ccc(C=O)c(OCc2cccc(C#N)c2)n1. The Morgan fingerprint density at radius 3 is 2.60 bits per heavy atom. The first-order valence-corrected chi connectivity index (χ1v) is 11.2. The second-order valence-electron chi connectivity index (χ2n) is 8.15. The first-order valence-electron chi connectivity index (χ1n) is 11.2. The summed E-state index contributed by atoms with van der Waals surface area (Å²) in [6, 6.07) is 24.8. The Hall–Kier alpha value is -4.63.